The standard InChI is InChI=1S/C17H16FN5O3S3/c1-8(12(24)11-13(19)21(2)16(26)22(3)14(11)25)28-15-20-23(17(27)29-15)10-6-4-9(18)5-7-10/h4-8H,19H2,1-3H3/t8-/m1/s1. The van der Waals surface area contributed by atoms with Crippen molar-refractivity contribution in [3.05, 3.63) is 60.4 Å². The van der Waals surface area contributed by atoms with Gasteiger partial charge in [-0.1, -0.05) is 23.1 Å². The molecule has 0 aliphatic carbocycles. The summed E-state index contributed by atoms with van der Waals surface area (Å²) in [6.45, 7) is 1.61. The molecule has 0 amide bonds. The van der Waals surface area contributed by atoms with E-state index in [0.29, 0.717) is 14.0 Å². The minimum Gasteiger partial charge on any atom is -0.384 e. The predicted molar refractivity (Wildman–Crippen MR) is 113 cm³/mol. The van der Waals surface area contributed by atoms with Gasteiger partial charge in [0.05, 0.1) is 10.9 Å². The van der Waals surface area contributed by atoms with Gasteiger partial charge in [-0.05, 0) is 43.4 Å². The van der Waals surface area contributed by atoms with E-state index in [-0.39, 0.29) is 17.2 Å². The first kappa shape index (κ1) is 21.1. The molecular weight excluding hydrogens is 437 g/mol. The Kier molecular flexibility index (Phi) is 5.87. The van der Waals surface area contributed by atoms with E-state index >= 15 is 0 Å². The van der Waals surface area contributed by atoms with Gasteiger partial charge in [0.15, 0.2) is 14.1 Å². The molecule has 1 atom stereocenters. The highest BCUT2D eigenvalue weighted by molar-refractivity contribution is 8.02. The number of Topliss-reactive ketones (excluding diaryl/α,β-unsaturated/α-hetero) is 1. The van der Waals surface area contributed by atoms with Crippen molar-refractivity contribution in [3.63, 3.8) is 0 Å². The largest absolute Gasteiger partial charge is 0.384 e. The number of nitrogens with two attached hydrogens (primary N) is 1. The summed E-state index contributed by atoms with van der Waals surface area (Å²) in [7, 11) is 2.68. The molecule has 3 aromatic rings. The van der Waals surface area contributed by atoms with Gasteiger partial charge < -0.3 is 5.73 Å². The van der Waals surface area contributed by atoms with Crippen LogP contribution in [0.15, 0.2) is 38.2 Å². The molecule has 1 aromatic carbocycles. The zero-order valence-electron chi connectivity index (χ0n) is 15.6. The minimum atomic E-state index is -0.743. The smallest absolute Gasteiger partial charge is 0.332 e. The lowest BCUT2D eigenvalue weighted by atomic mass is 10.1. The van der Waals surface area contributed by atoms with E-state index in [1.54, 1.807) is 19.1 Å². The molecule has 0 aliphatic heterocycles. The van der Waals surface area contributed by atoms with Crippen LogP contribution < -0.4 is 17.0 Å². The second-order valence-corrected chi connectivity index (χ2v) is 9.32. The topological polar surface area (TPSA) is 105 Å². The Morgan fingerprint density at radius 1 is 1.24 bits per heavy atom. The first-order chi connectivity index (χ1) is 13.6. The summed E-state index contributed by atoms with van der Waals surface area (Å²) >= 11 is 7.61. The predicted octanol–water partition coefficient (Wildman–Crippen LogP) is 2.15. The molecule has 2 heterocycles. The van der Waals surface area contributed by atoms with Crippen molar-refractivity contribution in [2.24, 2.45) is 14.1 Å². The molecule has 2 aromatic heterocycles. The summed E-state index contributed by atoms with van der Waals surface area (Å²) in [6, 6.07) is 5.69. The van der Waals surface area contributed by atoms with Crippen LogP contribution in [0, 0.1) is 9.77 Å². The van der Waals surface area contributed by atoms with Crippen LogP contribution in [-0.4, -0.2) is 29.9 Å². The molecule has 152 valence electrons. The van der Waals surface area contributed by atoms with Crippen LogP contribution in [0.4, 0.5) is 10.2 Å². The monoisotopic (exact) mass is 453 g/mol. The lowest BCUT2D eigenvalue weighted by Crippen LogP contribution is -2.42. The Bertz CT molecular complexity index is 1270. The van der Waals surface area contributed by atoms with Crippen molar-refractivity contribution >= 4 is 46.9 Å². The Morgan fingerprint density at radius 2 is 1.86 bits per heavy atom. The molecule has 0 saturated carbocycles. The number of halogens is 1. The summed E-state index contributed by atoms with van der Waals surface area (Å²) in [4.78, 5) is 37.2. The van der Waals surface area contributed by atoms with Crippen molar-refractivity contribution in [3.8, 4) is 5.69 Å². The first-order valence-corrected chi connectivity index (χ1v) is 10.3. The number of thioether (sulfide) groups is 1. The second kappa shape index (κ2) is 8.05. The van der Waals surface area contributed by atoms with Crippen molar-refractivity contribution in [2.75, 3.05) is 5.73 Å². The van der Waals surface area contributed by atoms with E-state index in [4.69, 9.17) is 18.0 Å². The lowest BCUT2D eigenvalue weighted by molar-refractivity contribution is 0.0992. The molecule has 0 aliphatic rings. The van der Waals surface area contributed by atoms with E-state index in [0.717, 1.165) is 20.9 Å². The van der Waals surface area contributed by atoms with Gasteiger partial charge in [-0.3, -0.25) is 18.7 Å². The third-order valence-corrected chi connectivity index (χ3v) is 6.62. The molecular formula is C17H16FN5O3S3. The zero-order chi connectivity index (χ0) is 21.5. The van der Waals surface area contributed by atoms with E-state index in [1.807, 2.05) is 0 Å². The van der Waals surface area contributed by atoms with E-state index in [9.17, 15) is 18.8 Å². The Labute approximate surface area is 177 Å². The van der Waals surface area contributed by atoms with Gasteiger partial charge in [0, 0.05) is 14.1 Å². The number of nitrogens with zero attached hydrogens (tertiary/aromatic N) is 4. The summed E-state index contributed by atoms with van der Waals surface area (Å²) in [5, 5.41) is 3.67. The fourth-order valence-corrected chi connectivity index (χ4v) is 5.12. The van der Waals surface area contributed by atoms with Gasteiger partial charge in [0.1, 0.15) is 17.2 Å². The van der Waals surface area contributed by atoms with Crippen LogP contribution in [0.1, 0.15) is 17.3 Å². The summed E-state index contributed by atoms with van der Waals surface area (Å²) in [5.41, 5.74) is 4.86. The van der Waals surface area contributed by atoms with Gasteiger partial charge in [0.25, 0.3) is 5.56 Å². The Balaban J connectivity index is 1.91. The molecule has 0 unspecified atom stereocenters. The number of carbonyl (C=O) groups is 1. The van der Waals surface area contributed by atoms with Crippen LogP contribution in [0.5, 0.6) is 0 Å². The number of anilines is 1. The summed E-state index contributed by atoms with van der Waals surface area (Å²) < 4.78 is 17.4. The third-order valence-electron chi connectivity index (χ3n) is 4.20. The van der Waals surface area contributed by atoms with Crippen molar-refractivity contribution in [1.29, 1.82) is 0 Å². The quantitative estimate of drug-likeness (QED) is 0.358. The van der Waals surface area contributed by atoms with Gasteiger partial charge in [-0.2, -0.15) is 0 Å². The van der Waals surface area contributed by atoms with Gasteiger partial charge in [-0.15, -0.1) is 5.10 Å². The number of nitrogen functional groups attached to an aromatic ring is 1. The number of hydrogen-bond acceptors (Lipinski definition) is 8. The van der Waals surface area contributed by atoms with Gasteiger partial charge in [-0.25, -0.2) is 13.9 Å². The zero-order valence-corrected chi connectivity index (χ0v) is 18.0. The molecule has 0 bridgehead atoms. The van der Waals surface area contributed by atoms with Crippen LogP contribution >= 0.6 is 35.3 Å². The minimum absolute atomic E-state index is 0.181. The highest BCUT2D eigenvalue weighted by Crippen LogP contribution is 2.29. The van der Waals surface area contributed by atoms with Gasteiger partial charge in [0.2, 0.25) is 0 Å². The number of aromatic nitrogens is 4. The molecule has 12 heteroatoms. The van der Waals surface area contributed by atoms with Crippen LogP contribution in [-0.2, 0) is 14.1 Å². The average molecular weight is 454 g/mol. The van der Waals surface area contributed by atoms with Crippen molar-refractivity contribution < 1.29 is 9.18 Å². The van der Waals surface area contributed by atoms with Crippen LogP contribution in [0.25, 0.3) is 5.69 Å². The fourth-order valence-electron chi connectivity index (χ4n) is 2.55. The number of hydrogen-bond donors (Lipinski definition) is 1. The molecule has 29 heavy (non-hydrogen) atoms. The first-order valence-electron chi connectivity index (χ1n) is 8.24. The molecule has 0 spiro atoms. The van der Waals surface area contributed by atoms with E-state index in [1.165, 1.54) is 42.2 Å². The molecule has 2 N–H and O–H groups in total. The summed E-state index contributed by atoms with van der Waals surface area (Å²) in [6.07, 6.45) is 0. The molecule has 8 nitrogen and oxygen atoms in total. The van der Waals surface area contributed by atoms with Crippen LogP contribution in [0.3, 0.4) is 0 Å². The van der Waals surface area contributed by atoms with Crippen molar-refractivity contribution in [1.82, 2.24) is 18.9 Å². The maximum atomic E-state index is 13.1. The van der Waals surface area contributed by atoms with Gasteiger partial charge >= 0.3 is 5.69 Å². The lowest BCUT2D eigenvalue weighted by Gasteiger charge is -2.13. The Hall–Kier alpha value is -2.57. The van der Waals surface area contributed by atoms with E-state index in [2.05, 4.69) is 5.10 Å². The second-order valence-electron chi connectivity index (χ2n) is 6.11. The maximum absolute atomic E-state index is 13.1. The highest BCUT2D eigenvalue weighted by atomic mass is 32.2. The third kappa shape index (κ3) is 3.95. The highest BCUT2D eigenvalue weighted by Gasteiger charge is 2.26. The summed E-state index contributed by atoms with van der Waals surface area (Å²) in [5.74, 6) is -1.07. The van der Waals surface area contributed by atoms with E-state index < -0.39 is 22.3 Å². The molecule has 0 saturated heterocycles. The number of rotatable bonds is 5. The number of ketones is 1. The fraction of sp³-hybridized carbons (Fsp3) is 0.235. The molecule has 0 radical (unpaired) electrons. The Morgan fingerprint density at radius 3 is 2.48 bits per heavy atom. The molecule has 0 fully saturated rings. The SMILES string of the molecule is C[C@@H](Sc1nn(-c2ccc(F)cc2)c(=S)s1)C(=O)c1c(N)n(C)c(=O)n(C)c1=O. The number of benzene rings is 1. The maximum Gasteiger partial charge on any atom is 0.332 e. The normalized spacial score (nSPS) is 12.1. The number of carbonyl (C=O) groups excluding carboxylic acids is 1. The molecule has 3 rings (SSSR count). The van der Waals surface area contributed by atoms with Crippen LogP contribution in [0.2, 0.25) is 0 Å². The average Bonchev–Trinajstić information content (AvgIpc) is 3.05. The van der Waals surface area contributed by atoms with Crippen molar-refractivity contribution in [2.45, 2.75) is 16.5 Å².